The molecule has 5 aliphatic rings. The van der Waals surface area contributed by atoms with Gasteiger partial charge in [-0.05, 0) is 106 Å². The Morgan fingerprint density at radius 1 is 1.15 bits per heavy atom. The van der Waals surface area contributed by atoms with E-state index in [-0.39, 0.29) is 11.3 Å². The molecule has 0 radical (unpaired) electrons. The molecule has 1 aromatic rings. The van der Waals surface area contributed by atoms with Crippen molar-refractivity contribution in [3.63, 3.8) is 0 Å². The van der Waals surface area contributed by atoms with Gasteiger partial charge in [0.25, 0.3) is 0 Å². The van der Waals surface area contributed by atoms with Crippen LogP contribution in [0.1, 0.15) is 76.8 Å². The Morgan fingerprint density at radius 3 is 2.82 bits per heavy atom. The van der Waals surface area contributed by atoms with E-state index in [1.54, 1.807) is 7.11 Å². The molecule has 4 saturated carbocycles. The summed E-state index contributed by atoms with van der Waals surface area (Å²) in [6.45, 7) is 3.30. The van der Waals surface area contributed by atoms with Gasteiger partial charge in [-0.25, -0.2) is 0 Å². The van der Waals surface area contributed by atoms with Crippen molar-refractivity contribution >= 4 is 17.7 Å². The van der Waals surface area contributed by atoms with Crippen LogP contribution in [0.3, 0.4) is 0 Å². The normalized spacial score (nSPS) is 43.0. The van der Waals surface area contributed by atoms with Crippen LogP contribution in [0.4, 0.5) is 5.69 Å². The fourth-order valence-corrected chi connectivity index (χ4v) is 9.34. The lowest BCUT2D eigenvalue weighted by Crippen LogP contribution is -2.52. The molecule has 2 heterocycles. The summed E-state index contributed by atoms with van der Waals surface area (Å²) in [7, 11) is 1.70. The minimum Gasteiger partial charge on any atom is -0.387 e. The average Bonchev–Trinajstić information content (AvgIpc) is 3.38. The Kier molecular flexibility index (Phi) is 5.76. The van der Waals surface area contributed by atoms with Crippen LogP contribution >= 0.6 is 0 Å². The monoisotopic (exact) mass is 467 g/mol. The van der Waals surface area contributed by atoms with Gasteiger partial charge < -0.3 is 9.84 Å². The molecule has 0 bridgehead atoms. The van der Waals surface area contributed by atoms with Gasteiger partial charge in [0.1, 0.15) is 5.69 Å². The SMILES string of the molecule is COC[C@@]1(O)CCC2C3CC[C@]4(C)[C@@H](C(=O)Cn5cc6c(n5)CCC=N6)CC[C@H]4[C@@H]3CC[C@@H]2C1. The number of rotatable bonds is 5. The fourth-order valence-electron chi connectivity index (χ4n) is 9.34. The molecule has 4 fully saturated rings. The standard InChI is InChI=1S/C28H41N3O3/c1-27-11-9-20-19-10-12-28(33,17-34-2)14-18(19)5-6-21(20)22(27)7-8-23(27)26(32)16-31-15-25-24(30-31)4-3-13-29-25/h13,15,18-23,33H,3-12,14,16-17H2,1-2H3/t18-,19?,20?,21-,22+,23-,27+,28-/m1/s1. The number of aryl methyl sites for hydroxylation is 1. The molecule has 1 aromatic heterocycles. The predicted molar refractivity (Wildman–Crippen MR) is 131 cm³/mol. The van der Waals surface area contributed by atoms with Gasteiger partial charge in [-0.3, -0.25) is 14.5 Å². The average molecular weight is 468 g/mol. The Hall–Kier alpha value is -1.53. The number of aliphatic hydroxyl groups is 1. The lowest BCUT2D eigenvalue weighted by Gasteiger charge is -2.57. The predicted octanol–water partition coefficient (Wildman–Crippen LogP) is 4.75. The highest BCUT2D eigenvalue weighted by Crippen LogP contribution is 2.64. The van der Waals surface area contributed by atoms with Crippen molar-refractivity contribution in [3.05, 3.63) is 11.9 Å². The highest BCUT2D eigenvalue weighted by molar-refractivity contribution is 5.82. The van der Waals surface area contributed by atoms with Crippen LogP contribution in [0.5, 0.6) is 0 Å². The number of hydrogen-bond acceptors (Lipinski definition) is 5. The molecule has 8 atom stereocenters. The van der Waals surface area contributed by atoms with Gasteiger partial charge in [0.2, 0.25) is 0 Å². The Balaban J connectivity index is 1.15. The summed E-state index contributed by atoms with van der Waals surface area (Å²) < 4.78 is 7.20. The van der Waals surface area contributed by atoms with Crippen LogP contribution in [0.15, 0.2) is 11.2 Å². The van der Waals surface area contributed by atoms with Crippen molar-refractivity contribution < 1.29 is 14.6 Å². The zero-order chi connectivity index (χ0) is 23.5. The minimum atomic E-state index is -0.617. The summed E-state index contributed by atoms with van der Waals surface area (Å²) in [4.78, 5) is 18.0. The molecule has 1 aliphatic heterocycles. The van der Waals surface area contributed by atoms with E-state index in [0.29, 0.717) is 30.8 Å². The van der Waals surface area contributed by atoms with E-state index in [2.05, 4.69) is 17.0 Å². The van der Waals surface area contributed by atoms with Crippen molar-refractivity contribution in [2.75, 3.05) is 13.7 Å². The van der Waals surface area contributed by atoms with Crippen molar-refractivity contribution in [3.8, 4) is 0 Å². The molecule has 34 heavy (non-hydrogen) atoms. The second-order valence-electron chi connectivity index (χ2n) is 12.5. The highest BCUT2D eigenvalue weighted by atomic mass is 16.5. The fraction of sp³-hybridized carbons (Fsp3) is 0.821. The highest BCUT2D eigenvalue weighted by Gasteiger charge is 2.59. The van der Waals surface area contributed by atoms with Crippen molar-refractivity contribution in [1.29, 1.82) is 0 Å². The van der Waals surface area contributed by atoms with Crippen LogP contribution < -0.4 is 0 Å². The maximum atomic E-state index is 13.6. The number of nitrogens with zero attached hydrogens (tertiary/aromatic N) is 3. The second kappa shape index (κ2) is 8.55. The maximum absolute atomic E-state index is 13.6. The molecule has 0 saturated heterocycles. The first kappa shape index (κ1) is 22.9. The molecule has 0 aromatic carbocycles. The van der Waals surface area contributed by atoms with Crippen LogP contribution in [-0.4, -0.2) is 46.2 Å². The number of Topliss-reactive ketones (excluding diaryl/α,β-unsaturated/α-hetero) is 1. The number of hydrogen-bond donors (Lipinski definition) is 1. The number of ketones is 1. The number of carbonyl (C=O) groups is 1. The molecule has 186 valence electrons. The summed E-state index contributed by atoms with van der Waals surface area (Å²) in [6.07, 6.45) is 15.9. The summed E-state index contributed by atoms with van der Waals surface area (Å²) >= 11 is 0. The smallest absolute Gasteiger partial charge is 0.157 e. The molecule has 0 spiro atoms. The molecule has 6 heteroatoms. The summed E-state index contributed by atoms with van der Waals surface area (Å²) in [5.41, 5.74) is 1.50. The third-order valence-corrected chi connectivity index (χ3v) is 10.8. The van der Waals surface area contributed by atoms with E-state index < -0.39 is 5.60 Å². The largest absolute Gasteiger partial charge is 0.387 e. The van der Waals surface area contributed by atoms with Gasteiger partial charge in [0.15, 0.2) is 5.78 Å². The van der Waals surface area contributed by atoms with E-state index in [1.807, 2.05) is 17.1 Å². The van der Waals surface area contributed by atoms with Gasteiger partial charge in [0.05, 0.1) is 30.6 Å². The minimum absolute atomic E-state index is 0.140. The zero-order valence-corrected chi connectivity index (χ0v) is 20.9. The molecule has 0 amide bonds. The summed E-state index contributed by atoms with van der Waals surface area (Å²) in [6, 6.07) is 0. The first-order valence-electron chi connectivity index (χ1n) is 13.7. The van der Waals surface area contributed by atoms with E-state index >= 15 is 0 Å². The molecule has 4 aliphatic carbocycles. The van der Waals surface area contributed by atoms with Crippen LogP contribution in [-0.2, 0) is 22.5 Å². The van der Waals surface area contributed by atoms with E-state index in [9.17, 15) is 9.90 Å². The lowest BCUT2D eigenvalue weighted by atomic mass is 9.49. The maximum Gasteiger partial charge on any atom is 0.157 e. The first-order chi connectivity index (χ1) is 16.4. The van der Waals surface area contributed by atoms with Crippen molar-refractivity contribution in [2.45, 2.75) is 89.7 Å². The van der Waals surface area contributed by atoms with Gasteiger partial charge in [0, 0.05) is 19.2 Å². The third-order valence-electron chi connectivity index (χ3n) is 10.8. The van der Waals surface area contributed by atoms with Crippen molar-refractivity contribution in [2.24, 2.45) is 45.9 Å². The van der Waals surface area contributed by atoms with Gasteiger partial charge in [-0.2, -0.15) is 5.10 Å². The number of fused-ring (bicyclic) bond motifs is 6. The van der Waals surface area contributed by atoms with Crippen LogP contribution in [0, 0.1) is 40.9 Å². The van der Waals surface area contributed by atoms with Gasteiger partial charge in [-0.15, -0.1) is 0 Å². The Morgan fingerprint density at radius 2 is 2.00 bits per heavy atom. The molecule has 6 rings (SSSR count). The molecule has 2 unspecified atom stereocenters. The zero-order valence-electron chi connectivity index (χ0n) is 20.9. The topological polar surface area (TPSA) is 76.7 Å². The first-order valence-corrected chi connectivity index (χ1v) is 13.7. The number of methoxy groups -OCH3 is 1. The molecule has 6 nitrogen and oxygen atoms in total. The number of aromatic nitrogens is 2. The number of carbonyl (C=O) groups excluding carboxylic acids is 1. The molecular weight excluding hydrogens is 426 g/mol. The van der Waals surface area contributed by atoms with E-state index in [4.69, 9.17) is 4.74 Å². The Bertz CT molecular complexity index is 972. The van der Waals surface area contributed by atoms with Gasteiger partial charge in [-0.1, -0.05) is 6.92 Å². The van der Waals surface area contributed by atoms with E-state index in [0.717, 1.165) is 67.7 Å². The van der Waals surface area contributed by atoms with Gasteiger partial charge >= 0.3 is 0 Å². The van der Waals surface area contributed by atoms with Crippen LogP contribution in [0.25, 0.3) is 0 Å². The Labute approximate surface area is 203 Å². The summed E-state index contributed by atoms with van der Waals surface area (Å²) in [5.74, 6) is 4.17. The molecule has 1 N–H and O–H groups in total. The quantitative estimate of drug-likeness (QED) is 0.678. The molecular formula is C28H41N3O3. The van der Waals surface area contributed by atoms with E-state index in [1.165, 1.54) is 32.1 Å². The number of ether oxygens (including phenoxy) is 1. The van der Waals surface area contributed by atoms with Crippen molar-refractivity contribution in [1.82, 2.24) is 9.78 Å². The lowest BCUT2D eigenvalue weighted by molar-refractivity contribution is -0.136. The number of aliphatic imine (C=N–C) groups is 1. The third kappa shape index (κ3) is 3.71. The van der Waals surface area contributed by atoms with Crippen LogP contribution in [0.2, 0.25) is 0 Å². The second-order valence-corrected chi connectivity index (χ2v) is 12.5. The summed E-state index contributed by atoms with van der Waals surface area (Å²) in [5, 5.41) is 15.7.